The highest BCUT2D eigenvalue weighted by Gasteiger charge is 2.26. The number of rotatable bonds is 5. The molecule has 0 unspecified atom stereocenters. The number of hydrogen-bond acceptors (Lipinski definition) is 6. The zero-order chi connectivity index (χ0) is 17.0. The average Bonchev–Trinajstić information content (AvgIpc) is 2.63. The van der Waals surface area contributed by atoms with E-state index in [-0.39, 0.29) is 4.90 Å². The maximum atomic E-state index is 12.5. The monoisotopic (exact) mass is 366 g/mol. The molecule has 3 rings (SSSR count). The predicted octanol–water partition coefficient (Wildman–Crippen LogP) is 2.26. The fourth-order valence-corrected chi connectivity index (χ4v) is 4.39. The molecule has 1 saturated heterocycles. The summed E-state index contributed by atoms with van der Waals surface area (Å²) >= 11 is 1.47. The zero-order valence-electron chi connectivity index (χ0n) is 13.2. The van der Waals surface area contributed by atoms with E-state index in [0.717, 1.165) is 15.7 Å². The summed E-state index contributed by atoms with van der Waals surface area (Å²) in [7, 11) is -1.87. The van der Waals surface area contributed by atoms with Crippen LogP contribution < -0.4 is 4.74 Å². The number of pyridine rings is 1. The minimum Gasteiger partial charge on any atom is -0.497 e. The van der Waals surface area contributed by atoms with Gasteiger partial charge in [-0.2, -0.15) is 4.31 Å². The molecule has 0 N–H and O–H groups in total. The second kappa shape index (κ2) is 7.52. The van der Waals surface area contributed by atoms with Gasteiger partial charge in [0.15, 0.2) is 0 Å². The molecule has 0 aliphatic carbocycles. The highest BCUT2D eigenvalue weighted by Crippen LogP contribution is 2.28. The van der Waals surface area contributed by atoms with Crippen molar-refractivity contribution in [3.63, 3.8) is 0 Å². The quantitative estimate of drug-likeness (QED) is 0.809. The van der Waals surface area contributed by atoms with Gasteiger partial charge in [0.25, 0.3) is 0 Å². The van der Waals surface area contributed by atoms with Crippen LogP contribution in [-0.2, 0) is 14.8 Å². The van der Waals surface area contributed by atoms with Gasteiger partial charge in [0.2, 0.25) is 10.0 Å². The van der Waals surface area contributed by atoms with Crippen molar-refractivity contribution in [1.82, 2.24) is 9.29 Å². The number of aromatic nitrogens is 1. The van der Waals surface area contributed by atoms with Gasteiger partial charge in [0.05, 0.1) is 20.3 Å². The molecule has 0 atom stereocenters. The third kappa shape index (κ3) is 3.89. The Balaban J connectivity index is 1.72. The lowest BCUT2D eigenvalue weighted by Crippen LogP contribution is -2.40. The van der Waals surface area contributed by atoms with E-state index >= 15 is 0 Å². The second-order valence-electron chi connectivity index (χ2n) is 5.13. The Morgan fingerprint density at radius 3 is 2.42 bits per heavy atom. The van der Waals surface area contributed by atoms with Crippen LogP contribution in [0.2, 0.25) is 0 Å². The lowest BCUT2D eigenvalue weighted by molar-refractivity contribution is 0.0730. The summed E-state index contributed by atoms with van der Waals surface area (Å²) in [6.45, 7) is 1.62. The number of sulfonamides is 1. The molecule has 1 aliphatic heterocycles. The largest absolute Gasteiger partial charge is 0.497 e. The molecule has 0 radical (unpaired) electrons. The first-order chi connectivity index (χ1) is 11.6. The van der Waals surface area contributed by atoms with Gasteiger partial charge in [0, 0.05) is 24.2 Å². The Hall–Kier alpha value is -1.61. The van der Waals surface area contributed by atoms with Crippen LogP contribution in [0.15, 0.2) is 57.4 Å². The van der Waals surface area contributed by atoms with Gasteiger partial charge in [-0.25, -0.2) is 13.4 Å². The fraction of sp³-hybridized carbons (Fsp3) is 0.312. The van der Waals surface area contributed by atoms with E-state index in [0.29, 0.717) is 26.3 Å². The molecule has 0 spiro atoms. The molecular weight excluding hydrogens is 348 g/mol. The van der Waals surface area contributed by atoms with E-state index in [9.17, 15) is 8.42 Å². The van der Waals surface area contributed by atoms with Crippen molar-refractivity contribution in [2.45, 2.75) is 14.8 Å². The van der Waals surface area contributed by atoms with Gasteiger partial charge in [-0.3, -0.25) is 0 Å². The van der Waals surface area contributed by atoms with E-state index in [1.54, 1.807) is 19.2 Å². The minimum absolute atomic E-state index is 0.212. The molecule has 1 aromatic heterocycles. The van der Waals surface area contributed by atoms with E-state index in [2.05, 4.69) is 4.98 Å². The first-order valence-electron chi connectivity index (χ1n) is 7.45. The Labute approximate surface area is 145 Å². The van der Waals surface area contributed by atoms with Crippen molar-refractivity contribution in [1.29, 1.82) is 0 Å². The molecule has 1 aromatic carbocycles. The van der Waals surface area contributed by atoms with Crippen LogP contribution in [0.1, 0.15) is 0 Å². The number of morpholine rings is 1. The Morgan fingerprint density at radius 2 is 1.83 bits per heavy atom. The van der Waals surface area contributed by atoms with Gasteiger partial charge in [-0.05, 0) is 36.4 Å². The van der Waals surface area contributed by atoms with Crippen LogP contribution in [0.25, 0.3) is 0 Å². The topological polar surface area (TPSA) is 68.7 Å². The summed E-state index contributed by atoms with van der Waals surface area (Å²) < 4.78 is 36.8. The summed E-state index contributed by atoms with van der Waals surface area (Å²) in [5.41, 5.74) is 0. The maximum Gasteiger partial charge on any atom is 0.244 e. The van der Waals surface area contributed by atoms with Crippen molar-refractivity contribution in [2.24, 2.45) is 0 Å². The maximum absolute atomic E-state index is 12.5. The molecule has 24 heavy (non-hydrogen) atoms. The molecule has 6 nitrogen and oxygen atoms in total. The number of methoxy groups -OCH3 is 1. The van der Waals surface area contributed by atoms with Crippen LogP contribution in [-0.4, -0.2) is 51.1 Å². The molecule has 1 aliphatic rings. The predicted molar refractivity (Wildman–Crippen MR) is 90.9 cm³/mol. The van der Waals surface area contributed by atoms with Crippen LogP contribution >= 0.6 is 11.8 Å². The summed E-state index contributed by atoms with van der Waals surface area (Å²) in [6.07, 6.45) is 1.41. The van der Waals surface area contributed by atoms with E-state index in [4.69, 9.17) is 9.47 Å². The third-order valence-electron chi connectivity index (χ3n) is 3.60. The molecule has 0 bridgehead atoms. The first kappa shape index (κ1) is 17.2. The van der Waals surface area contributed by atoms with Crippen molar-refractivity contribution in [2.75, 3.05) is 33.4 Å². The van der Waals surface area contributed by atoms with Crippen molar-refractivity contribution in [3.8, 4) is 5.75 Å². The van der Waals surface area contributed by atoms with Crippen LogP contribution in [0, 0.1) is 0 Å². The standard InChI is InChI=1S/C16H18N2O4S2/c1-21-13-2-4-14(5-3-13)23-16-7-6-15(12-17-16)24(19,20)18-8-10-22-11-9-18/h2-7,12H,8-11H2,1H3. The van der Waals surface area contributed by atoms with Gasteiger partial charge in [0.1, 0.15) is 15.7 Å². The third-order valence-corrected chi connectivity index (χ3v) is 6.44. The number of ether oxygens (including phenoxy) is 2. The number of hydrogen-bond donors (Lipinski definition) is 0. The van der Waals surface area contributed by atoms with Crippen molar-refractivity contribution >= 4 is 21.8 Å². The number of nitrogens with zero attached hydrogens (tertiary/aromatic N) is 2. The summed E-state index contributed by atoms with van der Waals surface area (Å²) in [6, 6.07) is 10.9. The molecule has 0 saturated carbocycles. The average molecular weight is 366 g/mol. The van der Waals surface area contributed by atoms with Gasteiger partial charge in [-0.15, -0.1) is 0 Å². The highest BCUT2D eigenvalue weighted by atomic mass is 32.2. The van der Waals surface area contributed by atoms with Crippen molar-refractivity contribution < 1.29 is 17.9 Å². The van der Waals surface area contributed by atoms with Gasteiger partial charge in [-0.1, -0.05) is 11.8 Å². The Bertz CT molecular complexity index is 771. The smallest absolute Gasteiger partial charge is 0.244 e. The Morgan fingerprint density at radius 1 is 1.12 bits per heavy atom. The fourth-order valence-electron chi connectivity index (χ4n) is 2.28. The zero-order valence-corrected chi connectivity index (χ0v) is 14.8. The van der Waals surface area contributed by atoms with Crippen molar-refractivity contribution in [3.05, 3.63) is 42.6 Å². The molecule has 8 heteroatoms. The molecule has 2 aromatic rings. The molecule has 0 amide bonds. The molecule has 2 heterocycles. The summed E-state index contributed by atoms with van der Waals surface area (Å²) in [5.74, 6) is 0.791. The molecular formula is C16H18N2O4S2. The molecule has 128 valence electrons. The van der Waals surface area contributed by atoms with E-state index < -0.39 is 10.0 Å². The van der Waals surface area contributed by atoms with Gasteiger partial charge >= 0.3 is 0 Å². The summed E-state index contributed by atoms with van der Waals surface area (Å²) in [5, 5.41) is 0.737. The Kier molecular flexibility index (Phi) is 5.40. The minimum atomic E-state index is -3.50. The van der Waals surface area contributed by atoms with Gasteiger partial charge < -0.3 is 9.47 Å². The normalized spacial score (nSPS) is 16.0. The van der Waals surface area contributed by atoms with Crippen LogP contribution in [0.5, 0.6) is 5.75 Å². The van der Waals surface area contributed by atoms with Crippen LogP contribution in [0.4, 0.5) is 0 Å². The SMILES string of the molecule is COc1ccc(Sc2ccc(S(=O)(=O)N3CCOCC3)cn2)cc1. The highest BCUT2D eigenvalue weighted by molar-refractivity contribution is 7.99. The lowest BCUT2D eigenvalue weighted by Gasteiger charge is -2.25. The lowest BCUT2D eigenvalue weighted by atomic mass is 10.3. The summed E-state index contributed by atoms with van der Waals surface area (Å²) in [4.78, 5) is 5.49. The second-order valence-corrected chi connectivity index (χ2v) is 8.16. The number of benzene rings is 1. The van der Waals surface area contributed by atoms with Crippen LogP contribution in [0.3, 0.4) is 0 Å². The van der Waals surface area contributed by atoms with E-state index in [1.165, 1.54) is 22.3 Å². The first-order valence-corrected chi connectivity index (χ1v) is 9.71. The molecule has 1 fully saturated rings. The van der Waals surface area contributed by atoms with E-state index in [1.807, 2.05) is 24.3 Å².